The van der Waals surface area contributed by atoms with Gasteiger partial charge in [-0.25, -0.2) is 4.98 Å². The van der Waals surface area contributed by atoms with E-state index in [1.807, 2.05) is 5.38 Å². The lowest BCUT2D eigenvalue weighted by Gasteiger charge is -2.29. The monoisotopic (exact) mass is 401 g/mol. The zero-order valence-corrected chi connectivity index (χ0v) is 17.3. The Kier molecular flexibility index (Phi) is 4.76. The molecule has 0 aliphatic carbocycles. The molecule has 3 heterocycles. The van der Waals surface area contributed by atoms with E-state index in [1.54, 1.807) is 16.7 Å². The van der Waals surface area contributed by atoms with Crippen LogP contribution in [0.15, 0.2) is 29.6 Å². The molecule has 4 rings (SSSR count). The molecule has 1 aromatic carbocycles. The quantitative estimate of drug-likeness (QED) is 0.828. The molecular formula is C20H23N3O2S2. The SMILES string of the molecule is CC(C)c1ccc(-c2csc(NC(=O)C3CSC4(C)CCC(=O)N34)n2)cc1. The molecule has 7 heteroatoms. The predicted octanol–water partition coefficient (Wildman–Crippen LogP) is 4.33. The number of rotatable bonds is 4. The predicted molar refractivity (Wildman–Crippen MR) is 111 cm³/mol. The van der Waals surface area contributed by atoms with E-state index < -0.39 is 6.04 Å². The number of fused-ring (bicyclic) bond motifs is 1. The number of nitrogens with one attached hydrogen (secondary N) is 1. The van der Waals surface area contributed by atoms with Gasteiger partial charge in [-0.3, -0.25) is 9.59 Å². The summed E-state index contributed by atoms with van der Waals surface area (Å²) in [6, 6.07) is 7.96. The first-order chi connectivity index (χ1) is 12.9. The molecule has 2 aliphatic rings. The Hall–Kier alpha value is -1.86. The summed E-state index contributed by atoms with van der Waals surface area (Å²) in [6.45, 7) is 6.39. The summed E-state index contributed by atoms with van der Waals surface area (Å²) in [4.78, 5) is 31.1. The minimum atomic E-state index is -0.410. The second-order valence-electron chi connectivity index (χ2n) is 7.57. The maximum absolute atomic E-state index is 12.8. The fraction of sp³-hybridized carbons (Fsp3) is 0.450. The molecule has 5 nitrogen and oxygen atoms in total. The van der Waals surface area contributed by atoms with Gasteiger partial charge < -0.3 is 10.2 Å². The van der Waals surface area contributed by atoms with Crippen molar-refractivity contribution < 1.29 is 9.59 Å². The fourth-order valence-corrected chi connectivity index (χ4v) is 5.86. The Morgan fingerprint density at radius 1 is 1.33 bits per heavy atom. The number of anilines is 1. The summed E-state index contributed by atoms with van der Waals surface area (Å²) in [5, 5.41) is 5.45. The number of thioether (sulfide) groups is 1. The maximum atomic E-state index is 12.8. The van der Waals surface area contributed by atoms with E-state index in [2.05, 4.69) is 55.3 Å². The average molecular weight is 402 g/mol. The van der Waals surface area contributed by atoms with E-state index in [1.165, 1.54) is 16.9 Å². The van der Waals surface area contributed by atoms with Crippen LogP contribution in [0.3, 0.4) is 0 Å². The number of nitrogens with zero attached hydrogens (tertiary/aromatic N) is 2. The van der Waals surface area contributed by atoms with Crippen LogP contribution in [0.2, 0.25) is 0 Å². The van der Waals surface area contributed by atoms with Crippen LogP contribution in [-0.4, -0.2) is 38.4 Å². The molecule has 1 aromatic heterocycles. The lowest BCUT2D eigenvalue weighted by molar-refractivity contribution is -0.135. The molecule has 0 bridgehead atoms. The highest BCUT2D eigenvalue weighted by Crippen LogP contribution is 2.47. The van der Waals surface area contributed by atoms with E-state index in [4.69, 9.17) is 0 Å². The van der Waals surface area contributed by atoms with Crippen molar-refractivity contribution in [3.63, 3.8) is 0 Å². The van der Waals surface area contributed by atoms with Crippen molar-refractivity contribution in [2.75, 3.05) is 11.1 Å². The Balaban J connectivity index is 1.46. The zero-order chi connectivity index (χ0) is 19.2. The summed E-state index contributed by atoms with van der Waals surface area (Å²) in [6.07, 6.45) is 1.34. The lowest BCUT2D eigenvalue weighted by Crippen LogP contribution is -2.48. The smallest absolute Gasteiger partial charge is 0.249 e. The third-order valence-corrected chi connectivity index (χ3v) is 7.62. The van der Waals surface area contributed by atoms with Gasteiger partial charge in [0.2, 0.25) is 11.8 Å². The van der Waals surface area contributed by atoms with E-state index in [-0.39, 0.29) is 16.7 Å². The van der Waals surface area contributed by atoms with Crippen molar-refractivity contribution in [1.29, 1.82) is 0 Å². The Labute approximate surface area is 167 Å². The van der Waals surface area contributed by atoms with E-state index in [0.29, 0.717) is 23.2 Å². The minimum absolute atomic E-state index is 0.0766. The van der Waals surface area contributed by atoms with Crippen molar-refractivity contribution >= 4 is 40.0 Å². The third kappa shape index (κ3) is 3.38. The Bertz CT molecular complexity index is 878. The normalized spacial score (nSPS) is 24.5. The number of hydrogen-bond acceptors (Lipinski definition) is 5. The molecule has 2 atom stereocenters. The first kappa shape index (κ1) is 18.5. The van der Waals surface area contributed by atoms with Gasteiger partial charge in [0.25, 0.3) is 0 Å². The van der Waals surface area contributed by atoms with E-state index in [9.17, 15) is 9.59 Å². The molecule has 0 saturated carbocycles. The van der Waals surface area contributed by atoms with Crippen LogP contribution < -0.4 is 5.32 Å². The van der Waals surface area contributed by atoms with Gasteiger partial charge in [0.15, 0.2) is 5.13 Å². The molecule has 1 N–H and O–H groups in total. The molecule has 142 valence electrons. The average Bonchev–Trinajstić information content (AvgIpc) is 3.31. The molecular weight excluding hydrogens is 378 g/mol. The highest BCUT2D eigenvalue weighted by atomic mass is 32.2. The van der Waals surface area contributed by atoms with E-state index >= 15 is 0 Å². The summed E-state index contributed by atoms with van der Waals surface area (Å²) in [7, 11) is 0. The molecule has 2 fully saturated rings. The van der Waals surface area contributed by atoms with Crippen molar-refractivity contribution in [3.05, 3.63) is 35.2 Å². The van der Waals surface area contributed by atoms with Crippen LogP contribution in [0.1, 0.15) is 45.1 Å². The standard InChI is InChI=1S/C20H23N3O2S2/c1-12(2)13-4-6-14(7-5-13)15-10-26-19(21-15)22-18(25)16-11-27-20(3)9-8-17(24)23(16)20/h4-7,10,12,16H,8-9,11H2,1-3H3,(H,21,22,25). The number of hydrogen-bond donors (Lipinski definition) is 1. The molecule has 2 amide bonds. The van der Waals surface area contributed by atoms with Gasteiger partial charge >= 0.3 is 0 Å². The Morgan fingerprint density at radius 3 is 2.78 bits per heavy atom. The van der Waals surface area contributed by atoms with Crippen LogP contribution in [0, 0.1) is 0 Å². The lowest BCUT2D eigenvalue weighted by atomic mass is 10.0. The Morgan fingerprint density at radius 2 is 2.07 bits per heavy atom. The van der Waals surface area contributed by atoms with Crippen LogP contribution in [-0.2, 0) is 9.59 Å². The highest BCUT2D eigenvalue weighted by Gasteiger charge is 2.52. The number of thiazole rings is 1. The summed E-state index contributed by atoms with van der Waals surface area (Å²) in [5.74, 6) is 1.07. The van der Waals surface area contributed by atoms with Gasteiger partial charge in [-0.1, -0.05) is 38.1 Å². The topological polar surface area (TPSA) is 62.3 Å². The van der Waals surface area contributed by atoms with Gasteiger partial charge in [-0.05, 0) is 24.8 Å². The van der Waals surface area contributed by atoms with Crippen molar-refractivity contribution in [2.24, 2.45) is 0 Å². The number of aromatic nitrogens is 1. The second-order valence-corrected chi connectivity index (χ2v) is 9.93. The van der Waals surface area contributed by atoms with E-state index in [0.717, 1.165) is 17.7 Å². The minimum Gasteiger partial charge on any atom is -0.315 e. The number of carbonyl (C=O) groups excluding carboxylic acids is 2. The molecule has 2 saturated heterocycles. The number of benzene rings is 1. The van der Waals surface area contributed by atoms with Crippen molar-refractivity contribution in [2.45, 2.75) is 50.4 Å². The summed E-state index contributed by atoms with van der Waals surface area (Å²) < 4.78 is 0. The van der Waals surface area contributed by atoms with Gasteiger partial charge in [0, 0.05) is 23.1 Å². The molecule has 0 spiro atoms. The number of carbonyl (C=O) groups is 2. The second kappa shape index (κ2) is 6.95. The van der Waals surface area contributed by atoms with Gasteiger partial charge in [-0.2, -0.15) is 0 Å². The van der Waals surface area contributed by atoms with Gasteiger partial charge in [0.05, 0.1) is 10.6 Å². The van der Waals surface area contributed by atoms with Gasteiger partial charge in [0.1, 0.15) is 6.04 Å². The van der Waals surface area contributed by atoms with Crippen LogP contribution in [0.4, 0.5) is 5.13 Å². The zero-order valence-electron chi connectivity index (χ0n) is 15.7. The summed E-state index contributed by atoms with van der Waals surface area (Å²) in [5.41, 5.74) is 3.18. The molecule has 2 unspecified atom stereocenters. The summed E-state index contributed by atoms with van der Waals surface area (Å²) >= 11 is 3.11. The number of amides is 2. The molecule has 2 aliphatic heterocycles. The first-order valence-electron chi connectivity index (χ1n) is 9.20. The molecule has 0 radical (unpaired) electrons. The van der Waals surface area contributed by atoms with Crippen molar-refractivity contribution in [1.82, 2.24) is 9.88 Å². The molecule has 2 aromatic rings. The van der Waals surface area contributed by atoms with Crippen LogP contribution in [0.5, 0.6) is 0 Å². The van der Waals surface area contributed by atoms with Crippen molar-refractivity contribution in [3.8, 4) is 11.3 Å². The third-order valence-electron chi connectivity index (χ3n) is 5.35. The van der Waals surface area contributed by atoms with Crippen LogP contribution >= 0.6 is 23.1 Å². The highest BCUT2D eigenvalue weighted by molar-refractivity contribution is 8.01. The fourth-order valence-electron chi connectivity index (χ4n) is 3.71. The first-order valence-corrected chi connectivity index (χ1v) is 11.1. The van der Waals surface area contributed by atoms with Gasteiger partial charge in [-0.15, -0.1) is 23.1 Å². The molecule has 27 heavy (non-hydrogen) atoms. The largest absolute Gasteiger partial charge is 0.315 e. The van der Waals surface area contributed by atoms with Crippen LogP contribution in [0.25, 0.3) is 11.3 Å². The maximum Gasteiger partial charge on any atom is 0.249 e.